The lowest BCUT2D eigenvalue weighted by Gasteiger charge is -2.13. The standard InChI is InChI=1S/C22H23ClN2O5/c1-4-27-16-7-8-18-15(11-16)12-20(30-18)22(26)25-24-13-14-9-17(23)21(29-6-3)19(10-14)28-5-2/h7-13H,4-6H2,1-3H3,(H,25,26)/b24-13+. The molecule has 1 amide bonds. The van der Waals surface area contributed by atoms with Gasteiger partial charge in [-0.05, 0) is 62.7 Å². The Morgan fingerprint density at radius 2 is 1.83 bits per heavy atom. The summed E-state index contributed by atoms with van der Waals surface area (Å²) in [7, 11) is 0. The second-order valence-electron chi connectivity index (χ2n) is 6.14. The maximum absolute atomic E-state index is 12.4. The minimum atomic E-state index is -0.470. The first-order valence-corrected chi connectivity index (χ1v) is 10.0. The van der Waals surface area contributed by atoms with Crippen molar-refractivity contribution in [2.45, 2.75) is 20.8 Å². The molecule has 0 aliphatic rings. The number of hydrogen-bond acceptors (Lipinski definition) is 6. The first kappa shape index (κ1) is 21.5. The van der Waals surface area contributed by atoms with Crippen LogP contribution in [0.3, 0.4) is 0 Å². The van der Waals surface area contributed by atoms with Crippen molar-refractivity contribution in [2.75, 3.05) is 19.8 Å². The first-order valence-electron chi connectivity index (χ1n) is 9.64. The molecule has 0 spiro atoms. The lowest BCUT2D eigenvalue weighted by molar-refractivity contribution is 0.0929. The molecule has 1 heterocycles. The molecule has 0 bridgehead atoms. The van der Waals surface area contributed by atoms with E-state index in [0.717, 1.165) is 5.39 Å². The Hall–Kier alpha value is -3.19. The quantitative estimate of drug-likeness (QED) is 0.379. The fourth-order valence-corrected chi connectivity index (χ4v) is 3.09. The van der Waals surface area contributed by atoms with Crippen LogP contribution in [0, 0.1) is 0 Å². The third-order valence-electron chi connectivity index (χ3n) is 4.02. The summed E-state index contributed by atoms with van der Waals surface area (Å²) in [5.41, 5.74) is 3.69. The largest absolute Gasteiger partial charge is 0.494 e. The molecule has 0 saturated carbocycles. The zero-order valence-electron chi connectivity index (χ0n) is 17.0. The molecule has 7 nitrogen and oxygen atoms in total. The minimum Gasteiger partial charge on any atom is -0.494 e. The van der Waals surface area contributed by atoms with E-state index in [-0.39, 0.29) is 5.76 Å². The number of hydrazone groups is 1. The van der Waals surface area contributed by atoms with Gasteiger partial charge in [-0.3, -0.25) is 4.79 Å². The Morgan fingerprint density at radius 3 is 2.57 bits per heavy atom. The van der Waals surface area contributed by atoms with E-state index in [2.05, 4.69) is 10.5 Å². The van der Waals surface area contributed by atoms with E-state index in [9.17, 15) is 4.79 Å². The Balaban J connectivity index is 1.73. The van der Waals surface area contributed by atoms with E-state index in [1.165, 1.54) is 6.21 Å². The maximum atomic E-state index is 12.4. The van der Waals surface area contributed by atoms with Gasteiger partial charge < -0.3 is 18.6 Å². The zero-order valence-corrected chi connectivity index (χ0v) is 17.8. The van der Waals surface area contributed by atoms with Crippen LogP contribution >= 0.6 is 11.6 Å². The van der Waals surface area contributed by atoms with Gasteiger partial charge in [-0.25, -0.2) is 5.43 Å². The van der Waals surface area contributed by atoms with Crippen molar-refractivity contribution in [2.24, 2.45) is 5.10 Å². The molecule has 2 aromatic carbocycles. The molecule has 0 unspecified atom stereocenters. The average Bonchev–Trinajstić information content (AvgIpc) is 3.14. The monoisotopic (exact) mass is 430 g/mol. The minimum absolute atomic E-state index is 0.149. The Labute approximate surface area is 179 Å². The molecule has 3 aromatic rings. The lowest BCUT2D eigenvalue weighted by Crippen LogP contribution is -2.16. The summed E-state index contributed by atoms with van der Waals surface area (Å²) in [6.07, 6.45) is 1.47. The average molecular weight is 431 g/mol. The molecule has 0 aliphatic heterocycles. The summed E-state index contributed by atoms with van der Waals surface area (Å²) in [6, 6.07) is 10.4. The predicted octanol–water partition coefficient (Wildman–Crippen LogP) is 5.05. The van der Waals surface area contributed by atoms with Gasteiger partial charge in [0.05, 0.1) is 31.1 Å². The number of carbonyl (C=O) groups excluding carboxylic acids is 1. The van der Waals surface area contributed by atoms with E-state index in [0.29, 0.717) is 53.2 Å². The van der Waals surface area contributed by atoms with Crippen LogP contribution in [0.1, 0.15) is 36.9 Å². The molecule has 1 aromatic heterocycles. The van der Waals surface area contributed by atoms with Crippen molar-refractivity contribution < 1.29 is 23.4 Å². The van der Waals surface area contributed by atoms with Crippen molar-refractivity contribution >= 4 is 34.7 Å². The summed E-state index contributed by atoms with van der Waals surface area (Å²) in [6.45, 7) is 7.14. The number of carbonyl (C=O) groups is 1. The van der Waals surface area contributed by atoms with Crippen LogP contribution in [-0.2, 0) is 0 Å². The summed E-state index contributed by atoms with van der Waals surface area (Å²) in [4.78, 5) is 12.4. The molecular weight excluding hydrogens is 408 g/mol. The molecule has 8 heteroatoms. The molecule has 0 aliphatic carbocycles. The fourth-order valence-electron chi connectivity index (χ4n) is 2.82. The second kappa shape index (κ2) is 10.0. The van der Waals surface area contributed by atoms with E-state index in [4.69, 9.17) is 30.2 Å². The highest BCUT2D eigenvalue weighted by atomic mass is 35.5. The highest BCUT2D eigenvalue weighted by Gasteiger charge is 2.13. The number of ether oxygens (including phenoxy) is 3. The van der Waals surface area contributed by atoms with Crippen molar-refractivity contribution in [1.82, 2.24) is 5.43 Å². The molecule has 0 saturated heterocycles. The van der Waals surface area contributed by atoms with Gasteiger partial charge in [-0.15, -0.1) is 0 Å². The van der Waals surface area contributed by atoms with E-state index >= 15 is 0 Å². The van der Waals surface area contributed by atoms with Gasteiger partial charge in [0.15, 0.2) is 17.3 Å². The number of nitrogens with one attached hydrogen (secondary N) is 1. The molecule has 30 heavy (non-hydrogen) atoms. The number of amides is 1. The van der Waals surface area contributed by atoms with Crippen LogP contribution in [0.4, 0.5) is 0 Å². The van der Waals surface area contributed by atoms with Crippen molar-refractivity contribution in [3.8, 4) is 17.2 Å². The third-order valence-corrected chi connectivity index (χ3v) is 4.30. The third kappa shape index (κ3) is 5.04. The van der Waals surface area contributed by atoms with Crippen LogP contribution in [-0.4, -0.2) is 31.9 Å². The van der Waals surface area contributed by atoms with Gasteiger partial charge in [0.25, 0.3) is 0 Å². The summed E-state index contributed by atoms with van der Waals surface area (Å²) < 4.78 is 22.2. The number of hydrogen-bond donors (Lipinski definition) is 1. The lowest BCUT2D eigenvalue weighted by atomic mass is 10.2. The Kier molecular flexibility index (Phi) is 7.19. The van der Waals surface area contributed by atoms with Gasteiger partial charge in [0, 0.05) is 5.39 Å². The van der Waals surface area contributed by atoms with Gasteiger partial charge in [0.1, 0.15) is 11.3 Å². The van der Waals surface area contributed by atoms with E-state index in [1.54, 1.807) is 30.3 Å². The van der Waals surface area contributed by atoms with Crippen LogP contribution < -0.4 is 19.6 Å². The highest BCUT2D eigenvalue weighted by Crippen LogP contribution is 2.36. The van der Waals surface area contributed by atoms with Gasteiger partial charge >= 0.3 is 5.91 Å². The smallest absolute Gasteiger partial charge is 0.307 e. The van der Waals surface area contributed by atoms with Gasteiger partial charge in [-0.2, -0.15) is 5.10 Å². The highest BCUT2D eigenvalue weighted by molar-refractivity contribution is 6.32. The van der Waals surface area contributed by atoms with Crippen molar-refractivity contribution in [1.29, 1.82) is 0 Å². The molecule has 1 N–H and O–H groups in total. The SMILES string of the molecule is CCOc1ccc2oc(C(=O)N/N=C/c3cc(Cl)c(OCC)c(OCC)c3)cc2c1. The van der Waals surface area contributed by atoms with Gasteiger partial charge in [0.2, 0.25) is 0 Å². The van der Waals surface area contributed by atoms with Crippen LogP contribution in [0.25, 0.3) is 11.0 Å². The number of furan rings is 1. The molecule has 0 radical (unpaired) electrons. The summed E-state index contributed by atoms with van der Waals surface area (Å²) in [5.74, 6) is 1.39. The predicted molar refractivity (Wildman–Crippen MR) is 116 cm³/mol. The molecule has 0 atom stereocenters. The molecule has 0 fully saturated rings. The number of rotatable bonds is 9. The normalized spacial score (nSPS) is 11.1. The number of fused-ring (bicyclic) bond motifs is 1. The summed E-state index contributed by atoms with van der Waals surface area (Å²) in [5, 5.41) is 5.16. The molecular formula is C22H23ClN2O5. The van der Waals surface area contributed by atoms with E-state index < -0.39 is 5.91 Å². The molecule has 3 rings (SSSR count). The first-order chi connectivity index (χ1) is 14.5. The van der Waals surface area contributed by atoms with E-state index in [1.807, 2.05) is 26.8 Å². The molecule has 158 valence electrons. The Bertz CT molecular complexity index is 1060. The number of nitrogens with zero attached hydrogens (tertiary/aromatic N) is 1. The number of benzene rings is 2. The van der Waals surface area contributed by atoms with Crippen LogP contribution in [0.5, 0.6) is 17.2 Å². The van der Waals surface area contributed by atoms with Crippen molar-refractivity contribution in [3.05, 3.63) is 52.7 Å². The number of halogens is 1. The van der Waals surface area contributed by atoms with Crippen LogP contribution in [0.2, 0.25) is 5.02 Å². The van der Waals surface area contributed by atoms with Crippen molar-refractivity contribution in [3.63, 3.8) is 0 Å². The Morgan fingerprint density at radius 1 is 1.07 bits per heavy atom. The zero-order chi connectivity index (χ0) is 21.5. The van der Waals surface area contributed by atoms with Crippen LogP contribution in [0.15, 0.2) is 45.9 Å². The second-order valence-corrected chi connectivity index (χ2v) is 6.55. The van der Waals surface area contributed by atoms with Gasteiger partial charge in [-0.1, -0.05) is 11.6 Å². The maximum Gasteiger partial charge on any atom is 0.307 e. The topological polar surface area (TPSA) is 82.3 Å². The fraction of sp³-hybridized carbons (Fsp3) is 0.273. The summed E-state index contributed by atoms with van der Waals surface area (Å²) >= 11 is 6.29.